The average Bonchev–Trinajstić information content (AvgIpc) is 2.66. The number of nitrogens with two attached hydrogens (primary N) is 1. The number of thioether (sulfide) groups is 2. The third-order valence-electron chi connectivity index (χ3n) is 3.60. The van der Waals surface area contributed by atoms with Gasteiger partial charge in [0.05, 0.1) is 11.4 Å². The molecule has 1 amide bonds. The quantitative estimate of drug-likeness (QED) is 0.375. The van der Waals surface area contributed by atoms with E-state index < -0.39 is 0 Å². The lowest BCUT2D eigenvalue weighted by atomic mass is 10.1. The lowest BCUT2D eigenvalue weighted by Gasteiger charge is -2.08. The molecule has 0 aliphatic heterocycles. The van der Waals surface area contributed by atoms with E-state index in [9.17, 15) is 4.79 Å². The van der Waals surface area contributed by atoms with Crippen LogP contribution in [0.1, 0.15) is 11.1 Å². The summed E-state index contributed by atoms with van der Waals surface area (Å²) in [4.78, 5) is 20.4. The highest BCUT2D eigenvalue weighted by Gasteiger charge is 2.09. The van der Waals surface area contributed by atoms with Gasteiger partial charge in [0.1, 0.15) is 5.03 Å². The molecule has 0 saturated heterocycles. The van der Waals surface area contributed by atoms with E-state index in [1.165, 1.54) is 22.9 Å². The number of aryl methyl sites for hydroxylation is 1. The van der Waals surface area contributed by atoms with E-state index in [2.05, 4.69) is 41.2 Å². The smallest absolute Gasteiger partial charge is 0.227 e. The van der Waals surface area contributed by atoms with Crippen molar-refractivity contribution < 1.29 is 4.79 Å². The molecule has 0 fully saturated rings. The van der Waals surface area contributed by atoms with Crippen molar-refractivity contribution in [3.63, 3.8) is 0 Å². The number of nitrogens with zero attached hydrogens (tertiary/aromatic N) is 2. The lowest BCUT2D eigenvalue weighted by Crippen LogP contribution is -2.13. The van der Waals surface area contributed by atoms with Crippen LogP contribution in [0.2, 0.25) is 0 Å². The fourth-order valence-corrected chi connectivity index (χ4v) is 3.78. The molecule has 6 heteroatoms. The maximum atomic E-state index is 11.1. The second-order valence-corrected chi connectivity index (χ2v) is 7.71. The van der Waals surface area contributed by atoms with Gasteiger partial charge in [0, 0.05) is 11.3 Å². The average molecular weight is 382 g/mol. The van der Waals surface area contributed by atoms with Crippen molar-refractivity contribution in [2.24, 2.45) is 5.73 Å². The topological polar surface area (TPSA) is 68.9 Å². The molecule has 0 bridgehead atoms. The van der Waals surface area contributed by atoms with E-state index in [1.54, 1.807) is 11.8 Å². The first kappa shape index (κ1) is 18.5. The highest BCUT2D eigenvalue weighted by atomic mass is 32.2. The number of hydrogen-bond donors (Lipinski definition) is 1. The number of carbonyl (C=O) groups excluding carboxylic acids is 1. The van der Waals surface area contributed by atoms with Crippen molar-refractivity contribution in [2.45, 2.75) is 22.9 Å². The number of carbonyl (C=O) groups is 1. The molecule has 0 saturated carbocycles. The Morgan fingerprint density at radius 2 is 1.73 bits per heavy atom. The molecular weight excluding hydrogens is 362 g/mol. The summed E-state index contributed by atoms with van der Waals surface area (Å²) >= 11 is 2.92. The van der Waals surface area contributed by atoms with Crippen molar-refractivity contribution in [2.75, 3.05) is 5.75 Å². The molecule has 0 spiro atoms. The molecule has 4 nitrogen and oxygen atoms in total. The fourth-order valence-electron chi connectivity index (χ4n) is 2.28. The molecule has 0 aliphatic rings. The summed E-state index contributed by atoms with van der Waals surface area (Å²) < 4.78 is 0. The van der Waals surface area contributed by atoms with Gasteiger partial charge in [-0.1, -0.05) is 83.7 Å². The number of benzene rings is 2. The van der Waals surface area contributed by atoms with Crippen molar-refractivity contribution >= 4 is 29.4 Å². The van der Waals surface area contributed by atoms with Gasteiger partial charge in [-0.25, -0.2) is 9.97 Å². The van der Waals surface area contributed by atoms with Crippen LogP contribution in [0.4, 0.5) is 0 Å². The Morgan fingerprint density at radius 3 is 2.42 bits per heavy atom. The molecule has 3 rings (SSSR count). The molecule has 2 aromatic carbocycles. The summed E-state index contributed by atoms with van der Waals surface area (Å²) in [5.74, 6) is 0.634. The van der Waals surface area contributed by atoms with E-state index in [1.807, 2.05) is 36.4 Å². The van der Waals surface area contributed by atoms with Gasteiger partial charge < -0.3 is 5.73 Å². The van der Waals surface area contributed by atoms with Crippen LogP contribution in [-0.4, -0.2) is 21.6 Å². The van der Waals surface area contributed by atoms with E-state index in [-0.39, 0.29) is 11.7 Å². The number of amides is 1. The molecule has 0 radical (unpaired) electrons. The molecule has 1 heterocycles. The predicted octanol–water partition coefficient (Wildman–Crippen LogP) is 4.32. The SMILES string of the molecule is Cc1ccc(CSc2nc(SCC(N)=O)cc(-c3ccccc3)n2)cc1. The number of hydrogen-bond acceptors (Lipinski definition) is 5. The molecule has 0 atom stereocenters. The first-order valence-electron chi connectivity index (χ1n) is 8.14. The Kier molecular flexibility index (Phi) is 6.30. The van der Waals surface area contributed by atoms with Gasteiger partial charge in [0.2, 0.25) is 5.91 Å². The zero-order chi connectivity index (χ0) is 18.4. The number of primary amides is 1. The predicted molar refractivity (Wildman–Crippen MR) is 108 cm³/mol. The fraction of sp³-hybridized carbons (Fsp3) is 0.150. The zero-order valence-electron chi connectivity index (χ0n) is 14.4. The summed E-state index contributed by atoms with van der Waals surface area (Å²) in [6.07, 6.45) is 0. The Morgan fingerprint density at radius 1 is 1.00 bits per heavy atom. The largest absolute Gasteiger partial charge is 0.369 e. The Bertz CT molecular complexity index is 883. The maximum absolute atomic E-state index is 11.1. The maximum Gasteiger partial charge on any atom is 0.227 e. The van der Waals surface area contributed by atoms with Gasteiger partial charge in [-0.05, 0) is 18.6 Å². The molecule has 3 aromatic rings. The second kappa shape index (κ2) is 8.87. The normalized spacial score (nSPS) is 10.7. The highest BCUT2D eigenvalue weighted by molar-refractivity contribution is 8.00. The summed E-state index contributed by atoms with van der Waals surface area (Å²) in [6, 6.07) is 20.3. The minimum Gasteiger partial charge on any atom is -0.369 e. The summed E-state index contributed by atoms with van der Waals surface area (Å²) in [6.45, 7) is 2.08. The minimum atomic E-state index is -0.358. The highest BCUT2D eigenvalue weighted by Crippen LogP contribution is 2.27. The summed E-state index contributed by atoms with van der Waals surface area (Å²) in [5, 5.41) is 1.45. The van der Waals surface area contributed by atoms with Crippen molar-refractivity contribution in [3.8, 4) is 11.3 Å². The van der Waals surface area contributed by atoms with Gasteiger partial charge in [-0.3, -0.25) is 4.79 Å². The van der Waals surface area contributed by atoms with Crippen LogP contribution in [0.3, 0.4) is 0 Å². The molecule has 2 N–H and O–H groups in total. The Hall–Kier alpha value is -2.31. The summed E-state index contributed by atoms with van der Waals surface area (Å²) in [5.41, 5.74) is 9.60. The van der Waals surface area contributed by atoms with E-state index in [4.69, 9.17) is 5.73 Å². The van der Waals surface area contributed by atoms with E-state index in [0.717, 1.165) is 22.0 Å². The lowest BCUT2D eigenvalue weighted by molar-refractivity contribution is -0.115. The molecule has 1 aromatic heterocycles. The van der Waals surface area contributed by atoms with Crippen LogP contribution in [0.25, 0.3) is 11.3 Å². The molecule has 26 heavy (non-hydrogen) atoms. The minimum absolute atomic E-state index is 0.202. The summed E-state index contributed by atoms with van der Waals surface area (Å²) in [7, 11) is 0. The third kappa shape index (κ3) is 5.34. The number of rotatable bonds is 7. The standard InChI is InChI=1S/C20H19N3OS2/c1-14-7-9-15(10-8-14)12-26-20-22-17(16-5-3-2-4-6-16)11-19(23-20)25-13-18(21)24/h2-11H,12-13H2,1H3,(H2,21,24). The van der Waals surface area contributed by atoms with Crippen LogP contribution in [-0.2, 0) is 10.5 Å². The zero-order valence-corrected chi connectivity index (χ0v) is 16.0. The van der Waals surface area contributed by atoms with E-state index >= 15 is 0 Å². The first-order valence-corrected chi connectivity index (χ1v) is 10.1. The molecule has 132 valence electrons. The van der Waals surface area contributed by atoms with Crippen molar-refractivity contribution in [1.29, 1.82) is 0 Å². The van der Waals surface area contributed by atoms with E-state index in [0.29, 0.717) is 5.16 Å². The Balaban J connectivity index is 1.83. The molecule has 0 aliphatic carbocycles. The third-order valence-corrected chi connectivity index (χ3v) is 5.45. The van der Waals surface area contributed by atoms with Crippen LogP contribution in [0, 0.1) is 6.92 Å². The second-order valence-electron chi connectivity index (χ2n) is 5.77. The van der Waals surface area contributed by atoms with Crippen molar-refractivity contribution in [1.82, 2.24) is 9.97 Å². The van der Waals surface area contributed by atoms with Gasteiger partial charge >= 0.3 is 0 Å². The monoisotopic (exact) mass is 381 g/mol. The van der Waals surface area contributed by atoms with Crippen LogP contribution in [0.5, 0.6) is 0 Å². The van der Waals surface area contributed by atoms with Gasteiger partial charge in [-0.2, -0.15) is 0 Å². The number of aromatic nitrogens is 2. The van der Waals surface area contributed by atoms with Gasteiger partial charge in [0.15, 0.2) is 5.16 Å². The van der Waals surface area contributed by atoms with Crippen LogP contribution < -0.4 is 5.73 Å². The van der Waals surface area contributed by atoms with Gasteiger partial charge in [0.25, 0.3) is 0 Å². The molecular formula is C20H19N3OS2. The van der Waals surface area contributed by atoms with Crippen LogP contribution in [0.15, 0.2) is 70.8 Å². The van der Waals surface area contributed by atoms with Gasteiger partial charge in [-0.15, -0.1) is 0 Å². The first-order chi connectivity index (χ1) is 12.6. The van der Waals surface area contributed by atoms with Crippen molar-refractivity contribution in [3.05, 3.63) is 71.8 Å². The van der Waals surface area contributed by atoms with Crippen LogP contribution >= 0.6 is 23.5 Å². The Labute approximate surface area is 161 Å². The molecule has 0 unspecified atom stereocenters.